The van der Waals surface area contributed by atoms with E-state index < -0.39 is 12.0 Å². The summed E-state index contributed by atoms with van der Waals surface area (Å²) in [4.78, 5) is 30.9. The maximum atomic E-state index is 13.1. The molecule has 1 fully saturated rings. The van der Waals surface area contributed by atoms with Gasteiger partial charge < -0.3 is 5.11 Å². The number of aromatic nitrogens is 1. The fourth-order valence-corrected chi connectivity index (χ4v) is 4.61. The van der Waals surface area contributed by atoms with Gasteiger partial charge in [0.05, 0.1) is 10.4 Å². The van der Waals surface area contributed by atoms with Gasteiger partial charge in [-0.15, -0.1) is 0 Å². The van der Waals surface area contributed by atoms with Crippen LogP contribution in [0.2, 0.25) is 0 Å². The van der Waals surface area contributed by atoms with Gasteiger partial charge in [-0.1, -0.05) is 72.5 Å². The fraction of sp³-hybridized carbons (Fsp3) is 0.0909. The molecule has 0 aliphatic carbocycles. The lowest BCUT2D eigenvalue weighted by Gasteiger charge is -2.23. The quantitative estimate of drug-likeness (QED) is 0.494. The van der Waals surface area contributed by atoms with E-state index in [1.54, 1.807) is 12.3 Å². The van der Waals surface area contributed by atoms with Crippen LogP contribution in [-0.2, 0) is 16.0 Å². The molecule has 1 amide bonds. The first kappa shape index (κ1) is 19.3. The standard InChI is InChI=1S/C22H16N2O3S2/c25-20-19(13-15-10-11-23-17-9-5-4-8-16(15)17)29-22(28)24(20)18(21(26)27)12-14-6-2-1-3-7-14/h1-11,13,18H,12H2,(H,26,27)/b19-13-. The van der Waals surface area contributed by atoms with Crippen LogP contribution in [-0.4, -0.2) is 37.2 Å². The van der Waals surface area contributed by atoms with E-state index in [-0.39, 0.29) is 16.6 Å². The first-order valence-electron chi connectivity index (χ1n) is 8.92. The molecule has 1 atom stereocenters. The Morgan fingerprint density at radius 3 is 2.62 bits per heavy atom. The third-order valence-electron chi connectivity index (χ3n) is 4.66. The van der Waals surface area contributed by atoms with Crippen LogP contribution in [0.15, 0.2) is 71.8 Å². The lowest BCUT2D eigenvalue weighted by Crippen LogP contribution is -2.45. The van der Waals surface area contributed by atoms with Crippen molar-refractivity contribution in [3.8, 4) is 0 Å². The molecule has 1 aromatic heterocycles. The van der Waals surface area contributed by atoms with E-state index in [1.807, 2.05) is 60.7 Å². The number of thiocarbonyl (C=S) groups is 1. The highest BCUT2D eigenvalue weighted by Crippen LogP contribution is 2.35. The largest absolute Gasteiger partial charge is 0.480 e. The number of nitrogens with zero attached hydrogens (tertiary/aromatic N) is 2. The lowest BCUT2D eigenvalue weighted by atomic mass is 10.0. The van der Waals surface area contributed by atoms with E-state index in [1.165, 1.54) is 4.90 Å². The number of fused-ring (bicyclic) bond motifs is 1. The molecule has 1 aliphatic rings. The van der Waals surface area contributed by atoms with Gasteiger partial charge in [-0.3, -0.25) is 14.7 Å². The zero-order valence-electron chi connectivity index (χ0n) is 15.2. The predicted molar refractivity (Wildman–Crippen MR) is 118 cm³/mol. The average Bonchev–Trinajstić information content (AvgIpc) is 3.00. The Labute approximate surface area is 177 Å². The van der Waals surface area contributed by atoms with Crippen LogP contribution < -0.4 is 0 Å². The minimum Gasteiger partial charge on any atom is -0.480 e. The molecule has 3 aromatic rings. The summed E-state index contributed by atoms with van der Waals surface area (Å²) in [6.07, 6.45) is 3.63. The number of hydrogen-bond donors (Lipinski definition) is 1. The number of pyridine rings is 1. The van der Waals surface area contributed by atoms with Crippen LogP contribution in [0.3, 0.4) is 0 Å². The highest BCUT2D eigenvalue weighted by molar-refractivity contribution is 8.26. The molecular formula is C22H16N2O3S2. The van der Waals surface area contributed by atoms with E-state index in [0.29, 0.717) is 4.91 Å². The van der Waals surface area contributed by atoms with Crippen molar-refractivity contribution in [3.05, 3.63) is 82.9 Å². The van der Waals surface area contributed by atoms with Crippen molar-refractivity contribution in [3.63, 3.8) is 0 Å². The Bertz CT molecular complexity index is 1140. The monoisotopic (exact) mass is 420 g/mol. The molecule has 0 saturated carbocycles. The average molecular weight is 421 g/mol. The van der Waals surface area contributed by atoms with Gasteiger partial charge in [0, 0.05) is 18.0 Å². The first-order valence-corrected chi connectivity index (χ1v) is 10.1. The van der Waals surface area contributed by atoms with Gasteiger partial charge in [-0.05, 0) is 29.3 Å². The molecule has 2 heterocycles. The van der Waals surface area contributed by atoms with Gasteiger partial charge in [-0.2, -0.15) is 0 Å². The molecule has 5 nitrogen and oxygen atoms in total. The van der Waals surface area contributed by atoms with E-state index in [2.05, 4.69) is 4.98 Å². The van der Waals surface area contributed by atoms with Crippen LogP contribution in [0.25, 0.3) is 17.0 Å². The van der Waals surface area contributed by atoms with Gasteiger partial charge >= 0.3 is 5.97 Å². The topological polar surface area (TPSA) is 70.5 Å². The molecule has 2 aromatic carbocycles. The summed E-state index contributed by atoms with van der Waals surface area (Å²) < 4.78 is 0.253. The second kappa shape index (κ2) is 8.14. The molecule has 144 valence electrons. The van der Waals surface area contributed by atoms with E-state index in [0.717, 1.165) is 33.8 Å². The predicted octanol–water partition coefficient (Wildman–Crippen LogP) is 4.13. The van der Waals surface area contributed by atoms with E-state index >= 15 is 0 Å². The summed E-state index contributed by atoms with van der Waals surface area (Å²) in [5.74, 6) is -1.47. The van der Waals surface area contributed by atoms with Crippen LogP contribution in [0, 0.1) is 0 Å². The molecule has 1 saturated heterocycles. The molecule has 0 spiro atoms. The lowest BCUT2D eigenvalue weighted by molar-refractivity contribution is -0.145. The van der Waals surface area contributed by atoms with Gasteiger partial charge in [0.25, 0.3) is 5.91 Å². The van der Waals surface area contributed by atoms with Crippen LogP contribution >= 0.6 is 24.0 Å². The number of carboxylic acid groups (broad SMARTS) is 1. The van der Waals surface area contributed by atoms with E-state index in [9.17, 15) is 14.7 Å². The number of benzene rings is 2. The summed E-state index contributed by atoms with van der Waals surface area (Å²) in [6.45, 7) is 0. The van der Waals surface area contributed by atoms with Gasteiger partial charge in [-0.25, -0.2) is 4.79 Å². The fourth-order valence-electron chi connectivity index (χ4n) is 3.26. The zero-order valence-corrected chi connectivity index (χ0v) is 16.8. The third kappa shape index (κ3) is 3.92. The number of para-hydroxylation sites is 1. The van der Waals surface area contributed by atoms with Crippen molar-refractivity contribution < 1.29 is 14.7 Å². The van der Waals surface area contributed by atoms with Crippen molar-refractivity contribution in [2.75, 3.05) is 0 Å². The van der Waals surface area contributed by atoms with Gasteiger partial charge in [0.1, 0.15) is 10.4 Å². The Morgan fingerprint density at radius 1 is 1.14 bits per heavy atom. The van der Waals surface area contributed by atoms with Crippen molar-refractivity contribution >= 4 is 57.2 Å². The maximum absolute atomic E-state index is 13.1. The molecule has 7 heteroatoms. The third-order valence-corrected chi connectivity index (χ3v) is 5.99. The second-order valence-corrected chi connectivity index (χ2v) is 8.19. The highest BCUT2D eigenvalue weighted by atomic mass is 32.2. The molecule has 0 radical (unpaired) electrons. The molecule has 1 aliphatic heterocycles. The molecule has 1 N–H and O–H groups in total. The summed E-state index contributed by atoms with van der Waals surface area (Å²) in [5, 5.41) is 10.7. The van der Waals surface area contributed by atoms with Gasteiger partial charge in [0.15, 0.2) is 0 Å². The maximum Gasteiger partial charge on any atom is 0.327 e. The highest BCUT2D eigenvalue weighted by Gasteiger charge is 2.40. The van der Waals surface area contributed by atoms with Crippen molar-refractivity contribution in [1.29, 1.82) is 0 Å². The smallest absolute Gasteiger partial charge is 0.327 e. The Balaban J connectivity index is 1.67. The minimum atomic E-state index is -1.08. The number of rotatable bonds is 5. The number of amides is 1. The number of thioether (sulfide) groups is 1. The van der Waals surface area contributed by atoms with Crippen molar-refractivity contribution in [2.24, 2.45) is 0 Å². The normalized spacial score (nSPS) is 16.6. The van der Waals surface area contributed by atoms with Gasteiger partial charge in [0.2, 0.25) is 0 Å². The van der Waals surface area contributed by atoms with Crippen molar-refractivity contribution in [2.45, 2.75) is 12.5 Å². The number of hydrogen-bond acceptors (Lipinski definition) is 5. The minimum absolute atomic E-state index is 0.189. The Hall–Kier alpha value is -3.03. The van der Waals surface area contributed by atoms with Crippen molar-refractivity contribution in [1.82, 2.24) is 9.88 Å². The summed E-state index contributed by atoms with van der Waals surface area (Å²) in [6, 6.07) is 17.6. The molecule has 29 heavy (non-hydrogen) atoms. The summed E-state index contributed by atoms with van der Waals surface area (Å²) >= 11 is 6.50. The summed E-state index contributed by atoms with van der Waals surface area (Å²) in [7, 11) is 0. The molecule has 4 rings (SSSR count). The Morgan fingerprint density at radius 2 is 1.86 bits per heavy atom. The summed E-state index contributed by atoms with van der Waals surface area (Å²) in [5.41, 5.74) is 2.49. The number of aliphatic carboxylic acids is 1. The number of carbonyl (C=O) groups excluding carboxylic acids is 1. The van der Waals surface area contributed by atoms with Crippen LogP contribution in [0.5, 0.6) is 0 Å². The number of carbonyl (C=O) groups is 2. The zero-order chi connectivity index (χ0) is 20.4. The molecule has 0 bridgehead atoms. The molecule has 1 unspecified atom stereocenters. The Kier molecular flexibility index (Phi) is 5.42. The van der Waals surface area contributed by atoms with Crippen LogP contribution in [0.4, 0.5) is 0 Å². The van der Waals surface area contributed by atoms with E-state index in [4.69, 9.17) is 12.2 Å². The van der Waals surface area contributed by atoms with Crippen LogP contribution in [0.1, 0.15) is 11.1 Å². The second-order valence-electron chi connectivity index (χ2n) is 6.51. The first-order chi connectivity index (χ1) is 14.0. The SMILES string of the molecule is O=C(O)C(Cc1ccccc1)N1C(=O)/C(=C/c2ccnc3ccccc23)SC1=S. The number of carboxylic acids is 1. The molecular weight excluding hydrogens is 404 g/mol.